The van der Waals surface area contributed by atoms with E-state index in [0.717, 1.165) is 115 Å². The molecule has 2 saturated heterocycles. The normalized spacial score (nSPS) is 28.1. The fourth-order valence-electron chi connectivity index (χ4n) is 12.0. The number of ether oxygens (including phenoxy) is 7. The largest absolute Gasteiger partial charge is 0.472 e. The molecule has 2 aliphatic heterocycles. The Labute approximate surface area is 572 Å². The lowest BCUT2D eigenvalue weighted by Gasteiger charge is -2.49. The monoisotopic (exact) mass is 1390 g/mol. The average Bonchev–Trinajstić information content (AvgIpc) is 0.795. The van der Waals surface area contributed by atoms with E-state index in [1.807, 2.05) is 6.08 Å². The number of phosphoric acid groups is 1. The van der Waals surface area contributed by atoms with Crippen molar-refractivity contribution in [3.05, 3.63) is 36.5 Å². The Morgan fingerprint density at radius 3 is 1.25 bits per heavy atom. The van der Waals surface area contributed by atoms with E-state index in [4.69, 9.17) is 42.2 Å². The summed E-state index contributed by atoms with van der Waals surface area (Å²) in [4.78, 5) is 50.8. The van der Waals surface area contributed by atoms with Crippen LogP contribution in [0.3, 0.4) is 0 Å². The van der Waals surface area contributed by atoms with Gasteiger partial charge in [-0.15, -0.1) is 0 Å². The van der Waals surface area contributed by atoms with Gasteiger partial charge in [0.05, 0.1) is 13.2 Å². The predicted octanol–water partition coefficient (Wildman–Crippen LogP) is 9.51. The molecule has 0 spiro atoms. The van der Waals surface area contributed by atoms with Crippen molar-refractivity contribution in [1.82, 2.24) is 0 Å². The average molecular weight is 1400 g/mol. The molecule has 11 N–H and O–H groups in total. The Bertz CT molecular complexity index is 2140. The van der Waals surface area contributed by atoms with Crippen LogP contribution >= 0.6 is 7.82 Å². The molecule has 0 aromatic heterocycles. The molecule has 3 rings (SSSR count). The molecule has 560 valence electrons. The summed E-state index contributed by atoms with van der Waals surface area (Å²) in [5, 5.41) is 110. The third kappa shape index (κ3) is 36.2. The first-order chi connectivity index (χ1) is 46.3. The maximum Gasteiger partial charge on any atom is 0.472 e. The van der Waals surface area contributed by atoms with E-state index < -0.39 is 156 Å². The van der Waals surface area contributed by atoms with Crippen LogP contribution in [0.25, 0.3) is 0 Å². The van der Waals surface area contributed by atoms with Crippen LogP contribution in [0.5, 0.6) is 0 Å². The van der Waals surface area contributed by atoms with Gasteiger partial charge < -0.3 is 89.1 Å². The number of hydrogen-bond acceptors (Lipinski definition) is 23. The van der Waals surface area contributed by atoms with Crippen LogP contribution in [0.2, 0.25) is 0 Å². The summed E-state index contributed by atoms with van der Waals surface area (Å²) in [6.07, 6.45) is 14.4. The highest BCUT2D eigenvalue weighted by Crippen LogP contribution is 2.49. The second kappa shape index (κ2) is 53.1. The van der Waals surface area contributed by atoms with Gasteiger partial charge in [-0.25, -0.2) is 9.36 Å². The summed E-state index contributed by atoms with van der Waals surface area (Å²) in [5.41, 5.74) is 0. The number of carbonyl (C=O) groups excluding carboxylic acids is 3. The first kappa shape index (κ1) is 87.4. The van der Waals surface area contributed by atoms with Crippen molar-refractivity contribution < 1.29 is 117 Å². The molecule has 3 aliphatic rings. The predicted molar refractivity (Wildman–Crippen MR) is 361 cm³/mol. The molecule has 1 aliphatic carbocycles. The van der Waals surface area contributed by atoms with Crippen LogP contribution in [0, 0.1) is 0 Å². The highest BCUT2D eigenvalue weighted by atomic mass is 31.2. The number of carbonyl (C=O) groups is 3. The van der Waals surface area contributed by atoms with Crippen molar-refractivity contribution in [2.45, 2.75) is 369 Å². The molecule has 0 bridgehead atoms. The summed E-state index contributed by atoms with van der Waals surface area (Å²) >= 11 is 0. The second-order valence-electron chi connectivity index (χ2n) is 26.4. The maximum absolute atomic E-state index is 14.3. The van der Waals surface area contributed by atoms with E-state index in [-0.39, 0.29) is 12.8 Å². The zero-order valence-electron chi connectivity index (χ0n) is 58.2. The van der Waals surface area contributed by atoms with E-state index in [0.29, 0.717) is 12.8 Å². The van der Waals surface area contributed by atoms with Crippen LogP contribution in [-0.2, 0) is 61.2 Å². The van der Waals surface area contributed by atoms with Crippen LogP contribution in [0.1, 0.15) is 265 Å². The number of allylic oxidation sites excluding steroid dienone is 5. The SMILES string of the molecule is CCCCCC/C=C\CCCCCCCCCC(=O)OCC(COP(=O)(O)OC1C(OC2OC(CO)C(O)C(O)C2O)C(O)C(O)C(O)C1OC1OC(COC(=O)CCCCCCCCCCCCC)C(O)C(O)C1O)OC(=O)/C=C/C=C/CCCCCCCCCCCCC. The zero-order chi connectivity index (χ0) is 70.4. The van der Waals surface area contributed by atoms with Crippen molar-refractivity contribution in [3.63, 3.8) is 0 Å². The molecular weight excluding hydrogens is 1270 g/mol. The van der Waals surface area contributed by atoms with Crippen LogP contribution < -0.4 is 0 Å². The Balaban J connectivity index is 1.77. The third-order valence-electron chi connectivity index (χ3n) is 18.0. The molecule has 0 amide bonds. The number of rotatable bonds is 56. The lowest BCUT2D eigenvalue weighted by molar-refractivity contribution is -0.360. The summed E-state index contributed by atoms with van der Waals surface area (Å²) < 4.78 is 64.7. The molecule has 0 radical (unpaired) electrons. The molecule has 18 unspecified atom stereocenters. The minimum Gasteiger partial charge on any atom is -0.463 e. The highest BCUT2D eigenvalue weighted by Gasteiger charge is 2.58. The number of esters is 3. The first-order valence-electron chi connectivity index (χ1n) is 36.8. The molecule has 0 aromatic rings. The van der Waals surface area contributed by atoms with Gasteiger partial charge in [0.25, 0.3) is 0 Å². The molecule has 3 fully saturated rings. The van der Waals surface area contributed by atoms with Gasteiger partial charge in [0.15, 0.2) is 18.7 Å². The van der Waals surface area contributed by atoms with Crippen molar-refractivity contribution in [2.75, 3.05) is 26.4 Å². The quantitative estimate of drug-likeness (QED) is 0.00513. The van der Waals surface area contributed by atoms with Gasteiger partial charge in [-0.3, -0.25) is 18.6 Å². The highest BCUT2D eigenvalue weighted by molar-refractivity contribution is 7.47. The van der Waals surface area contributed by atoms with Gasteiger partial charge >= 0.3 is 25.7 Å². The van der Waals surface area contributed by atoms with Crippen LogP contribution in [0.4, 0.5) is 0 Å². The third-order valence-corrected chi connectivity index (χ3v) is 19.0. The minimum atomic E-state index is -5.72. The van der Waals surface area contributed by atoms with Gasteiger partial charge in [-0.05, 0) is 51.4 Å². The van der Waals surface area contributed by atoms with E-state index in [9.17, 15) is 74.9 Å². The van der Waals surface area contributed by atoms with Gasteiger partial charge in [-0.2, -0.15) is 0 Å². The van der Waals surface area contributed by atoms with E-state index in [2.05, 4.69) is 32.9 Å². The van der Waals surface area contributed by atoms with Gasteiger partial charge in [0, 0.05) is 18.9 Å². The molecule has 2 heterocycles. The van der Waals surface area contributed by atoms with Gasteiger partial charge in [0.2, 0.25) is 0 Å². The van der Waals surface area contributed by atoms with E-state index in [1.165, 1.54) is 115 Å². The van der Waals surface area contributed by atoms with Crippen molar-refractivity contribution in [2.24, 2.45) is 0 Å². The van der Waals surface area contributed by atoms with Crippen LogP contribution in [-0.4, -0.2) is 204 Å². The molecule has 18 atom stereocenters. The van der Waals surface area contributed by atoms with E-state index >= 15 is 0 Å². The number of aliphatic hydroxyl groups excluding tert-OH is 10. The van der Waals surface area contributed by atoms with E-state index in [1.54, 1.807) is 6.08 Å². The van der Waals surface area contributed by atoms with Crippen molar-refractivity contribution in [3.8, 4) is 0 Å². The maximum atomic E-state index is 14.3. The Morgan fingerprint density at radius 1 is 0.427 bits per heavy atom. The molecule has 96 heavy (non-hydrogen) atoms. The van der Waals surface area contributed by atoms with Crippen molar-refractivity contribution in [1.29, 1.82) is 0 Å². The van der Waals surface area contributed by atoms with Gasteiger partial charge in [0.1, 0.15) is 98.7 Å². The summed E-state index contributed by atoms with van der Waals surface area (Å²) in [7, 11) is -5.72. The Morgan fingerprint density at radius 2 is 0.802 bits per heavy atom. The molecule has 0 aromatic carbocycles. The number of aliphatic hydroxyl groups is 10. The van der Waals surface area contributed by atoms with Crippen molar-refractivity contribution >= 4 is 25.7 Å². The standard InChI is InChI=1S/C71H127O24P/c1-4-7-10-13-16-19-22-24-26-28-31-34-36-39-42-45-55(73)87-49-52(90-57(75)47-44-41-38-35-32-29-27-25-23-20-17-14-11-8-5-2)50-89-96(85,86)95-69-67(93-70-65(83)60(78)58(76)53(48-72)91-70)63(81)62(80)64(82)68(69)94-71-66(84)61(79)59(77)54(92-71)51-88-56(74)46-43-40-37-33-30-21-18-15-12-9-6-3/h19,22,38,41,44,47,52-54,58-72,76-84H,4-18,20-21,23-37,39-40,42-43,45-46,48-51H2,1-3H3,(H,85,86)/b22-19-,41-38+,47-44+. The smallest absolute Gasteiger partial charge is 0.463 e. The Hall–Kier alpha value is -2.82. The Kier molecular flexibility index (Phi) is 48.3. The zero-order valence-corrected chi connectivity index (χ0v) is 59.0. The molecule has 24 nitrogen and oxygen atoms in total. The lowest BCUT2D eigenvalue weighted by atomic mass is 9.84. The fraction of sp³-hybridized carbons (Fsp3) is 0.873. The second-order valence-corrected chi connectivity index (χ2v) is 27.8. The lowest BCUT2D eigenvalue weighted by Crippen LogP contribution is -2.69. The summed E-state index contributed by atoms with van der Waals surface area (Å²) in [5.74, 6) is -2.25. The number of phosphoric ester groups is 1. The first-order valence-corrected chi connectivity index (χ1v) is 38.3. The number of hydrogen-bond donors (Lipinski definition) is 11. The fourth-order valence-corrected chi connectivity index (χ4v) is 12.9. The van der Waals surface area contributed by atoms with Gasteiger partial charge in [-0.1, -0.05) is 231 Å². The summed E-state index contributed by atoms with van der Waals surface area (Å²) in [6, 6.07) is 0. The topological polar surface area (TPSA) is 374 Å². The molecule has 1 saturated carbocycles. The summed E-state index contributed by atoms with van der Waals surface area (Å²) in [6.45, 7) is 3.29. The molecule has 25 heteroatoms. The molecular formula is C71H127O24P. The number of unbranched alkanes of at least 4 members (excludes halogenated alkanes) is 32. The minimum absolute atomic E-state index is 0.0200. The van der Waals surface area contributed by atoms with Crippen LogP contribution in [0.15, 0.2) is 36.5 Å².